The molecule has 0 bridgehead atoms. The third kappa shape index (κ3) is 4.31. The maximum Gasteiger partial charge on any atom is 0.244 e. The lowest BCUT2D eigenvalue weighted by Gasteiger charge is -2.32. The highest BCUT2D eigenvalue weighted by Crippen LogP contribution is 2.33. The summed E-state index contributed by atoms with van der Waals surface area (Å²) in [5.74, 6) is 0.841. The van der Waals surface area contributed by atoms with Crippen molar-refractivity contribution >= 4 is 11.4 Å². The van der Waals surface area contributed by atoms with Crippen molar-refractivity contribution in [2.75, 3.05) is 24.2 Å². The van der Waals surface area contributed by atoms with E-state index in [9.17, 15) is 10.4 Å². The van der Waals surface area contributed by atoms with Gasteiger partial charge in [0.25, 0.3) is 0 Å². The molecule has 170 valence electrons. The number of fused-ring (bicyclic) bond motifs is 1. The Bertz CT molecular complexity index is 1230. The van der Waals surface area contributed by atoms with Crippen molar-refractivity contribution in [3.8, 4) is 11.4 Å². The third-order valence-corrected chi connectivity index (χ3v) is 5.89. The molecule has 4 aromatic rings. The summed E-state index contributed by atoms with van der Waals surface area (Å²) < 4.78 is 5.67. The molecule has 0 radical (unpaired) electrons. The Labute approximate surface area is 190 Å². The van der Waals surface area contributed by atoms with E-state index >= 15 is 0 Å². The van der Waals surface area contributed by atoms with E-state index in [0.29, 0.717) is 36.8 Å². The first-order valence-corrected chi connectivity index (χ1v) is 10.6. The minimum Gasteiger partial charge on any atom is -0.733 e. The molecule has 1 atom stereocenters. The second-order valence-corrected chi connectivity index (χ2v) is 8.29. The molecule has 33 heavy (non-hydrogen) atoms. The zero-order valence-corrected chi connectivity index (χ0v) is 18.3. The minimum atomic E-state index is -0.186. The van der Waals surface area contributed by atoms with Crippen molar-refractivity contribution in [3.05, 3.63) is 82.9 Å². The van der Waals surface area contributed by atoms with Gasteiger partial charge in [-0.3, -0.25) is 10.1 Å². The zero-order valence-electron chi connectivity index (χ0n) is 18.3. The third-order valence-electron chi connectivity index (χ3n) is 5.89. The highest BCUT2D eigenvalue weighted by molar-refractivity contribution is 5.62. The Hall–Kier alpha value is -3.73. The lowest BCUT2D eigenvalue weighted by Crippen LogP contribution is -2.34. The summed E-state index contributed by atoms with van der Waals surface area (Å²) in [6.45, 7) is 1.39. The molecular formula is C23H24N7O3-. The van der Waals surface area contributed by atoms with Crippen LogP contribution in [0.25, 0.3) is 11.4 Å². The van der Waals surface area contributed by atoms with Crippen LogP contribution in [-0.2, 0) is 19.5 Å². The van der Waals surface area contributed by atoms with E-state index in [1.165, 1.54) is 17.7 Å². The quantitative estimate of drug-likeness (QED) is 0.429. The molecule has 2 aromatic heterocycles. The SMILES string of the molecule is CN(C)c1ccc(CN2Cc3[nH]cnc3CC2c2nc(-c3cccc(N([O-])O)c3)no2)cc1. The summed E-state index contributed by atoms with van der Waals surface area (Å²) in [6.07, 6.45) is 2.35. The molecule has 0 saturated carbocycles. The first-order valence-electron chi connectivity index (χ1n) is 10.6. The summed E-state index contributed by atoms with van der Waals surface area (Å²) >= 11 is 0. The van der Waals surface area contributed by atoms with Crippen LogP contribution in [0.1, 0.15) is 28.9 Å². The van der Waals surface area contributed by atoms with Crippen LogP contribution >= 0.6 is 0 Å². The van der Waals surface area contributed by atoms with Crippen molar-refractivity contribution in [2.24, 2.45) is 0 Å². The molecule has 1 aliphatic rings. The Morgan fingerprint density at radius 1 is 1.18 bits per heavy atom. The van der Waals surface area contributed by atoms with Crippen LogP contribution in [0.3, 0.4) is 0 Å². The van der Waals surface area contributed by atoms with Gasteiger partial charge in [-0.2, -0.15) is 4.98 Å². The lowest BCUT2D eigenvalue weighted by molar-refractivity contribution is 0.128. The van der Waals surface area contributed by atoms with Crippen LogP contribution < -0.4 is 10.1 Å². The van der Waals surface area contributed by atoms with Crippen LogP contribution in [0.2, 0.25) is 0 Å². The monoisotopic (exact) mass is 446 g/mol. The van der Waals surface area contributed by atoms with Gasteiger partial charge in [-0.25, -0.2) is 4.98 Å². The number of nitrogens with one attached hydrogen (secondary N) is 1. The maximum absolute atomic E-state index is 11.2. The highest BCUT2D eigenvalue weighted by Gasteiger charge is 2.33. The number of rotatable bonds is 6. The Morgan fingerprint density at radius 2 is 2.00 bits per heavy atom. The van der Waals surface area contributed by atoms with Gasteiger partial charge in [0.05, 0.1) is 29.4 Å². The molecule has 0 spiro atoms. The topological polar surface area (TPSA) is 121 Å². The second-order valence-electron chi connectivity index (χ2n) is 8.29. The van der Waals surface area contributed by atoms with Crippen molar-refractivity contribution in [2.45, 2.75) is 25.6 Å². The summed E-state index contributed by atoms with van der Waals surface area (Å²) in [5.41, 5.74) is 5.08. The van der Waals surface area contributed by atoms with E-state index in [1.54, 1.807) is 18.5 Å². The van der Waals surface area contributed by atoms with Crippen LogP contribution in [0.15, 0.2) is 59.4 Å². The molecule has 0 fully saturated rings. The zero-order chi connectivity index (χ0) is 22.9. The van der Waals surface area contributed by atoms with Gasteiger partial charge in [-0.15, -0.1) is 0 Å². The van der Waals surface area contributed by atoms with E-state index in [1.807, 2.05) is 14.1 Å². The van der Waals surface area contributed by atoms with E-state index in [2.05, 4.69) is 54.2 Å². The van der Waals surface area contributed by atoms with Crippen LogP contribution in [0.4, 0.5) is 11.4 Å². The molecule has 3 heterocycles. The van der Waals surface area contributed by atoms with Gasteiger partial charge in [0, 0.05) is 44.9 Å². The number of anilines is 2. The van der Waals surface area contributed by atoms with E-state index in [0.717, 1.165) is 17.1 Å². The predicted octanol–water partition coefficient (Wildman–Crippen LogP) is 3.52. The summed E-state index contributed by atoms with van der Waals surface area (Å²) in [6, 6.07) is 14.8. The van der Waals surface area contributed by atoms with Crippen LogP contribution in [-0.4, -0.2) is 44.3 Å². The normalized spacial score (nSPS) is 15.9. The van der Waals surface area contributed by atoms with Crippen molar-refractivity contribution in [3.63, 3.8) is 0 Å². The molecule has 2 N–H and O–H groups in total. The number of imidazole rings is 1. The smallest absolute Gasteiger partial charge is 0.244 e. The Kier molecular flexibility index (Phi) is 5.55. The van der Waals surface area contributed by atoms with Gasteiger partial charge in [0.1, 0.15) is 0 Å². The number of H-pyrrole nitrogens is 1. The van der Waals surface area contributed by atoms with E-state index < -0.39 is 0 Å². The Balaban J connectivity index is 1.43. The maximum atomic E-state index is 11.2. The number of nitrogens with zero attached hydrogens (tertiary/aromatic N) is 6. The average Bonchev–Trinajstić information content (AvgIpc) is 3.48. The van der Waals surface area contributed by atoms with Gasteiger partial charge in [0.15, 0.2) is 0 Å². The standard InChI is InChI=1S/C23H24N7O3/c1-28(2)17-8-6-15(7-9-17)12-29-13-20-19(24-14-25-20)11-21(29)23-26-22(27-33-23)16-4-3-5-18(10-16)30(31)32/h3-10,14,21,31H,11-13H2,1-2H3,(H,24,25)/q-1. The minimum absolute atomic E-state index is 0.0977. The highest BCUT2D eigenvalue weighted by atomic mass is 16.8. The average molecular weight is 446 g/mol. The first kappa shape index (κ1) is 21.1. The first-order chi connectivity index (χ1) is 16.0. The molecule has 1 aliphatic heterocycles. The molecule has 0 saturated heterocycles. The van der Waals surface area contributed by atoms with Gasteiger partial charge in [0.2, 0.25) is 11.7 Å². The van der Waals surface area contributed by atoms with Gasteiger partial charge >= 0.3 is 0 Å². The fourth-order valence-electron chi connectivity index (χ4n) is 4.08. The molecule has 10 nitrogen and oxygen atoms in total. The van der Waals surface area contributed by atoms with Crippen molar-refractivity contribution < 1.29 is 9.73 Å². The van der Waals surface area contributed by atoms with Crippen LogP contribution in [0.5, 0.6) is 0 Å². The van der Waals surface area contributed by atoms with Gasteiger partial charge in [-0.05, 0) is 29.8 Å². The molecule has 10 heteroatoms. The number of aromatic nitrogens is 4. The summed E-state index contributed by atoms with van der Waals surface area (Å²) in [4.78, 5) is 16.7. The van der Waals surface area contributed by atoms with E-state index in [4.69, 9.17) is 4.52 Å². The molecule has 0 aliphatic carbocycles. The van der Waals surface area contributed by atoms with E-state index in [-0.39, 0.29) is 17.0 Å². The van der Waals surface area contributed by atoms with Crippen molar-refractivity contribution in [1.82, 2.24) is 25.0 Å². The molecule has 1 unspecified atom stereocenters. The van der Waals surface area contributed by atoms with Gasteiger partial charge < -0.3 is 24.8 Å². The Morgan fingerprint density at radius 3 is 2.76 bits per heavy atom. The number of aromatic amines is 1. The van der Waals surface area contributed by atoms with Gasteiger partial charge in [-0.1, -0.05) is 29.4 Å². The fourth-order valence-corrected chi connectivity index (χ4v) is 4.08. The second kappa shape index (κ2) is 8.66. The fraction of sp³-hybridized carbons (Fsp3) is 0.261. The van der Waals surface area contributed by atoms with Crippen molar-refractivity contribution in [1.29, 1.82) is 0 Å². The van der Waals surface area contributed by atoms with Crippen LogP contribution in [0, 0.1) is 5.21 Å². The summed E-state index contributed by atoms with van der Waals surface area (Å²) in [5, 5.41) is 24.4. The number of hydrogen-bond acceptors (Lipinski definition) is 9. The molecular weight excluding hydrogens is 422 g/mol. The number of benzene rings is 2. The largest absolute Gasteiger partial charge is 0.733 e. The lowest BCUT2D eigenvalue weighted by atomic mass is 10.0. The predicted molar refractivity (Wildman–Crippen MR) is 122 cm³/mol. The summed E-state index contributed by atoms with van der Waals surface area (Å²) in [7, 11) is 4.04. The molecule has 2 aromatic carbocycles. The number of hydrogen-bond donors (Lipinski definition) is 2. The molecule has 0 amide bonds. The molecule has 5 rings (SSSR count).